The van der Waals surface area contributed by atoms with Crippen LogP contribution >= 0.6 is 27.7 Å². The maximum absolute atomic E-state index is 5.54. The molecule has 0 aliphatic heterocycles. The third-order valence-electron chi connectivity index (χ3n) is 1.65. The molecule has 0 atom stereocenters. The van der Waals surface area contributed by atoms with Crippen molar-refractivity contribution >= 4 is 27.7 Å². The number of hydrogen-bond donors (Lipinski definition) is 1. The number of halogens is 1. The monoisotopic (exact) mass is 276 g/mol. The first-order valence-corrected chi connectivity index (χ1v) is 6.05. The quantitative estimate of drug-likeness (QED) is 0.833. The van der Waals surface area contributed by atoms with Crippen LogP contribution in [0.1, 0.15) is 12.7 Å². The van der Waals surface area contributed by atoms with Crippen LogP contribution in [-0.4, -0.2) is 20.5 Å². The molecule has 0 spiro atoms. The van der Waals surface area contributed by atoms with E-state index in [0.29, 0.717) is 6.54 Å². The van der Waals surface area contributed by atoms with Gasteiger partial charge in [0.1, 0.15) is 5.82 Å². The Balaban J connectivity index is 2.75. The van der Waals surface area contributed by atoms with Crippen LogP contribution in [0.15, 0.2) is 16.2 Å². The van der Waals surface area contributed by atoms with E-state index < -0.39 is 0 Å². The lowest BCUT2D eigenvalue weighted by Crippen LogP contribution is -2.08. The number of nitrogens with two attached hydrogens (primary N) is 1. The molecule has 4 nitrogen and oxygen atoms in total. The summed E-state index contributed by atoms with van der Waals surface area (Å²) in [5.74, 6) is 1.62. The minimum Gasteiger partial charge on any atom is -0.324 e. The zero-order valence-corrected chi connectivity index (χ0v) is 10.4. The molecule has 0 aromatic carbocycles. The van der Waals surface area contributed by atoms with Gasteiger partial charge in [0.2, 0.25) is 0 Å². The molecule has 1 aromatic heterocycles. The van der Waals surface area contributed by atoms with Crippen LogP contribution in [0.4, 0.5) is 0 Å². The predicted octanol–water partition coefficient (Wildman–Crippen LogP) is 1.76. The summed E-state index contributed by atoms with van der Waals surface area (Å²) < 4.78 is 2.96. The van der Waals surface area contributed by atoms with Crippen LogP contribution < -0.4 is 5.73 Å². The maximum atomic E-state index is 5.54. The molecule has 1 rings (SSSR count). The average molecular weight is 277 g/mol. The molecule has 14 heavy (non-hydrogen) atoms. The van der Waals surface area contributed by atoms with Gasteiger partial charge < -0.3 is 10.3 Å². The van der Waals surface area contributed by atoms with Crippen LogP contribution in [0.2, 0.25) is 0 Å². The van der Waals surface area contributed by atoms with E-state index in [0.717, 1.165) is 27.8 Å². The fourth-order valence-electron chi connectivity index (χ4n) is 1.04. The van der Waals surface area contributed by atoms with Gasteiger partial charge in [0.25, 0.3) is 0 Å². The van der Waals surface area contributed by atoms with Gasteiger partial charge in [-0.3, -0.25) is 0 Å². The molecule has 0 saturated carbocycles. The molecule has 0 amide bonds. The van der Waals surface area contributed by atoms with E-state index in [4.69, 9.17) is 5.73 Å². The standard InChI is InChI=1S/C8H13BrN4S/c1-3-13-7(4-10)11-12-8(13)14-5-6(2)9/h2-5,10H2,1H3. The minimum atomic E-state index is 0.427. The molecule has 0 radical (unpaired) electrons. The molecular weight excluding hydrogens is 264 g/mol. The van der Waals surface area contributed by atoms with E-state index in [9.17, 15) is 0 Å². The zero-order chi connectivity index (χ0) is 10.6. The highest BCUT2D eigenvalue weighted by atomic mass is 79.9. The summed E-state index contributed by atoms with van der Waals surface area (Å²) in [6, 6.07) is 0. The summed E-state index contributed by atoms with van der Waals surface area (Å²) in [6.07, 6.45) is 0. The van der Waals surface area contributed by atoms with Crippen LogP contribution in [0.25, 0.3) is 0 Å². The summed E-state index contributed by atoms with van der Waals surface area (Å²) in [5.41, 5.74) is 5.54. The SMILES string of the molecule is C=C(Br)CSc1nnc(CN)n1CC. The van der Waals surface area contributed by atoms with Gasteiger partial charge in [0.15, 0.2) is 5.16 Å². The second-order valence-electron chi connectivity index (χ2n) is 2.65. The van der Waals surface area contributed by atoms with E-state index in [1.54, 1.807) is 11.8 Å². The Bertz CT molecular complexity index is 323. The molecule has 78 valence electrons. The van der Waals surface area contributed by atoms with Crippen molar-refractivity contribution in [3.05, 3.63) is 16.9 Å². The molecule has 0 aliphatic carbocycles. The topological polar surface area (TPSA) is 56.7 Å². The van der Waals surface area contributed by atoms with Crippen molar-refractivity contribution < 1.29 is 0 Å². The maximum Gasteiger partial charge on any atom is 0.191 e. The van der Waals surface area contributed by atoms with Gasteiger partial charge >= 0.3 is 0 Å². The Kier molecular flexibility index (Phi) is 4.64. The number of nitrogens with zero attached hydrogens (tertiary/aromatic N) is 3. The lowest BCUT2D eigenvalue weighted by atomic mass is 10.6. The van der Waals surface area contributed by atoms with Gasteiger partial charge in [-0.1, -0.05) is 34.3 Å². The third kappa shape index (κ3) is 2.83. The second-order valence-corrected chi connectivity index (χ2v) is 4.72. The lowest BCUT2D eigenvalue weighted by Gasteiger charge is -2.04. The van der Waals surface area contributed by atoms with Gasteiger partial charge in [-0.2, -0.15) is 0 Å². The Hall–Kier alpha value is -0.330. The van der Waals surface area contributed by atoms with Crippen LogP contribution in [-0.2, 0) is 13.1 Å². The van der Waals surface area contributed by atoms with E-state index >= 15 is 0 Å². The van der Waals surface area contributed by atoms with Crippen molar-refractivity contribution in [1.29, 1.82) is 0 Å². The van der Waals surface area contributed by atoms with Crippen LogP contribution in [0.3, 0.4) is 0 Å². The molecule has 6 heteroatoms. The fourth-order valence-corrected chi connectivity index (χ4v) is 2.16. The van der Waals surface area contributed by atoms with Crippen molar-refractivity contribution in [3.8, 4) is 0 Å². The highest BCUT2D eigenvalue weighted by Gasteiger charge is 2.09. The summed E-state index contributed by atoms with van der Waals surface area (Å²) >= 11 is 4.91. The highest BCUT2D eigenvalue weighted by molar-refractivity contribution is 9.11. The predicted molar refractivity (Wildman–Crippen MR) is 62.4 cm³/mol. The first-order chi connectivity index (χ1) is 6.69. The Morgan fingerprint density at radius 3 is 2.86 bits per heavy atom. The van der Waals surface area contributed by atoms with E-state index in [2.05, 4.69) is 39.6 Å². The van der Waals surface area contributed by atoms with E-state index in [-0.39, 0.29) is 0 Å². The largest absolute Gasteiger partial charge is 0.324 e. The van der Waals surface area contributed by atoms with Crippen LogP contribution in [0.5, 0.6) is 0 Å². The molecule has 1 heterocycles. The van der Waals surface area contributed by atoms with Crippen molar-refractivity contribution in [2.45, 2.75) is 25.2 Å². The summed E-state index contributed by atoms with van der Waals surface area (Å²) in [6.45, 7) is 7.09. The smallest absolute Gasteiger partial charge is 0.191 e. The normalized spacial score (nSPS) is 10.5. The van der Waals surface area contributed by atoms with E-state index in [1.807, 2.05) is 4.57 Å². The van der Waals surface area contributed by atoms with Crippen molar-refractivity contribution in [2.24, 2.45) is 5.73 Å². The molecule has 2 N–H and O–H groups in total. The molecule has 0 saturated heterocycles. The number of rotatable bonds is 5. The molecule has 0 aliphatic rings. The molecule has 1 aromatic rings. The summed E-state index contributed by atoms with van der Waals surface area (Å²) in [4.78, 5) is 0. The molecule has 0 unspecified atom stereocenters. The van der Waals surface area contributed by atoms with Gasteiger partial charge in [-0.25, -0.2) is 0 Å². The number of aromatic nitrogens is 3. The van der Waals surface area contributed by atoms with Gasteiger partial charge in [0, 0.05) is 12.3 Å². The Morgan fingerprint density at radius 2 is 2.36 bits per heavy atom. The van der Waals surface area contributed by atoms with Crippen molar-refractivity contribution in [3.63, 3.8) is 0 Å². The van der Waals surface area contributed by atoms with Crippen LogP contribution in [0, 0.1) is 0 Å². The van der Waals surface area contributed by atoms with Crippen molar-refractivity contribution in [1.82, 2.24) is 14.8 Å². The molecule has 0 bridgehead atoms. The highest BCUT2D eigenvalue weighted by Crippen LogP contribution is 2.20. The molecule has 0 fully saturated rings. The first-order valence-electron chi connectivity index (χ1n) is 4.27. The van der Waals surface area contributed by atoms with Gasteiger partial charge in [-0.15, -0.1) is 10.2 Å². The zero-order valence-electron chi connectivity index (χ0n) is 8.03. The summed E-state index contributed by atoms with van der Waals surface area (Å²) in [5, 5.41) is 8.97. The average Bonchev–Trinajstić information content (AvgIpc) is 2.56. The Labute approximate surface area is 96.1 Å². The lowest BCUT2D eigenvalue weighted by molar-refractivity contribution is 0.643. The van der Waals surface area contributed by atoms with Gasteiger partial charge in [0.05, 0.1) is 6.54 Å². The Morgan fingerprint density at radius 1 is 1.64 bits per heavy atom. The van der Waals surface area contributed by atoms with Gasteiger partial charge in [-0.05, 0) is 11.4 Å². The number of hydrogen-bond acceptors (Lipinski definition) is 4. The van der Waals surface area contributed by atoms with Crippen molar-refractivity contribution in [2.75, 3.05) is 5.75 Å². The third-order valence-corrected chi connectivity index (χ3v) is 3.35. The van der Waals surface area contributed by atoms with E-state index in [1.165, 1.54) is 0 Å². The fraction of sp³-hybridized carbons (Fsp3) is 0.500. The summed E-state index contributed by atoms with van der Waals surface area (Å²) in [7, 11) is 0. The number of thioether (sulfide) groups is 1. The second kappa shape index (κ2) is 5.53. The minimum absolute atomic E-state index is 0.427. The molecular formula is C8H13BrN4S. The first kappa shape index (κ1) is 11.7.